The van der Waals surface area contributed by atoms with Crippen LogP contribution in [0.15, 0.2) is 30.3 Å². The molecule has 1 N–H and O–H groups in total. The average molecular weight is 245 g/mol. The standard InChI is InChI=1S/C13H11NO4/c1-8-3-2-4-9(5-8)10-6-11(15)14(13(10)18)7-12(16)17/h2-6H,7H2,1H3,(H,16,17). The van der Waals surface area contributed by atoms with Gasteiger partial charge in [0.15, 0.2) is 0 Å². The zero-order valence-electron chi connectivity index (χ0n) is 9.71. The molecule has 0 radical (unpaired) electrons. The minimum absolute atomic E-state index is 0.241. The lowest BCUT2D eigenvalue weighted by atomic mass is 10.0. The monoisotopic (exact) mass is 245 g/mol. The van der Waals surface area contributed by atoms with Crippen molar-refractivity contribution in [2.24, 2.45) is 0 Å². The second kappa shape index (κ2) is 4.44. The lowest BCUT2D eigenvalue weighted by Crippen LogP contribution is -2.35. The van der Waals surface area contributed by atoms with Crippen LogP contribution in [0.3, 0.4) is 0 Å². The van der Waals surface area contributed by atoms with Gasteiger partial charge in [0, 0.05) is 6.08 Å². The summed E-state index contributed by atoms with van der Waals surface area (Å²) in [6.07, 6.45) is 1.18. The zero-order valence-corrected chi connectivity index (χ0v) is 9.71. The highest BCUT2D eigenvalue weighted by Gasteiger charge is 2.32. The highest BCUT2D eigenvalue weighted by molar-refractivity contribution is 6.33. The summed E-state index contributed by atoms with van der Waals surface area (Å²) in [4.78, 5) is 34.8. The number of aliphatic carboxylic acids is 1. The molecule has 2 rings (SSSR count). The van der Waals surface area contributed by atoms with Crippen LogP contribution in [-0.2, 0) is 14.4 Å². The highest BCUT2D eigenvalue weighted by Crippen LogP contribution is 2.23. The SMILES string of the molecule is Cc1cccc(C2=CC(=O)N(CC(=O)O)C2=O)c1. The van der Waals surface area contributed by atoms with Gasteiger partial charge in [0.1, 0.15) is 6.54 Å². The van der Waals surface area contributed by atoms with Gasteiger partial charge < -0.3 is 5.11 Å². The third-order valence-corrected chi connectivity index (χ3v) is 2.63. The van der Waals surface area contributed by atoms with Gasteiger partial charge in [-0.2, -0.15) is 0 Å². The number of imide groups is 1. The van der Waals surface area contributed by atoms with Crippen LogP contribution < -0.4 is 0 Å². The molecule has 1 heterocycles. The number of carbonyl (C=O) groups excluding carboxylic acids is 2. The number of amides is 2. The van der Waals surface area contributed by atoms with Crippen LogP contribution in [0.5, 0.6) is 0 Å². The molecule has 1 aromatic rings. The van der Waals surface area contributed by atoms with Crippen molar-refractivity contribution < 1.29 is 19.5 Å². The largest absolute Gasteiger partial charge is 0.480 e. The fourth-order valence-electron chi connectivity index (χ4n) is 1.81. The third kappa shape index (κ3) is 2.15. The van der Waals surface area contributed by atoms with Gasteiger partial charge in [0.05, 0.1) is 5.57 Å². The van der Waals surface area contributed by atoms with Crippen molar-refractivity contribution in [3.63, 3.8) is 0 Å². The molecular weight excluding hydrogens is 234 g/mol. The van der Waals surface area contributed by atoms with Crippen LogP contribution in [-0.4, -0.2) is 34.3 Å². The molecule has 5 nitrogen and oxygen atoms in total. The Bertz CT molecular complexity index is 574. The summed E-state index contributed by atoms with van der Waals surface area (Å²) >= 11 is 0. The average Bonchev–Trinajstić information content (AvgIpc) is 2.56. The molecule has 0 aliphatic carbocycles. The van der Waals surface area contributed by atoms with E-state index in [1.165, 1.54) is 6.08 Å². The van der Waals surface area contributed by atoms with Gasteiger partial charge in [0.25, 0.3) is 11.8 Å². The van der Waals surface area contributed by atoms with Gasteiger partial charge >= 0.3 is 5.97 Å². The van der Waals surface area contributed by atoms with Gasteiger partial charge in [-0.05, 0) is 12.5 Å². The van der Waals surface area contributed by atoms with Crippen molar-refractivity contribution in [2.75, 3.05) is 6.54 Å². The van der Waals surface area contributed by atoms with Crippen LogP contribution in [0.1, 0.15) is 11.1 Å². The second-order valence-electron chi connectivity index (χ2n) is 4.05. The molecule has 0 unspecified atom stereocenters. The third-order valence-electron chi connectivity index (χ3n) is 2.63. The van der Waals surface area contributed by atoms with Gasteiger partial charge in [-0.15, -0.1) is 0 Å². The molecule has 0 saturated carbocycles. The lowest BCUT2D eigenvalue weighted by Gasteiger charge is -2.11. The fraction of sp³-hybridized carbons (Fsp3) is 0.154. The number of carbonyl (C=O) groups is 3. The van der Waals surface area contributed by atoms with Crippen molar-refractivity contribution in [2.45, 2.75) is 6.92 Å². The number of rotatable bonds is 3. The molecule has 92 valence electrons. The number of benzene rings is 1. The van der Waals surface area contributed by atoms with Crippen molar-refractivity contribution in [1.82, 2.24) is 4.90 Å². The smallest absolute Gasteiger partial charge is 0.323 e. The van der Waals surface area contributed by atoms with E-state index in [1.807, 2.05) is 13.0 Å². The number of hydrogen-bond acceptors (Lipinski definition) is 3. The Morgan fingerprint density at radius 1 is 1.33 bits per heavy atom. The number of hydrogen-bond donors (Lipinski definition) is 1. The lowest BCUT2D eigenvalue weighted by molar-refractivity contribution is -0.147. The summed E-state index contributed by atoms with van der Waals surface area (Å²) in [7, 11) is 0. The Morgan fingerprint density at radius 3 is 2.67 bits per heavy atom. The first-order chi connectivity index (χ1) is 8.49. The zero-order chi connectivity index (χ0) is 13.3. The summed E-state index contributed by atoms with van der Waals surface area (Å²) in [5.74, 6) is -2.36. The molecule has 0 fully saturated rings. The molecule has 0 aromatic heterocycles. The normalized spacial score (nSPS) is 14.9. The number of carboxylic acid groups (broad SMARTS) is 1. The maximum absolute atomic E-state index is 11.9. The summed E-state index contributed by atoms with van der Waals surface area (Å²) < 4.78 is 0. The van der Waals surface area contributed by atoms with Crippen LogP contribution in [0, 0.1) is 6.92 Å². The van der Waals surface area contributed by atoms with E-state index in [0.29, 0.717) is 5.56 Å². The van der Waals surface area contributed by atoms with Crippen LogP contribution in [0.2, 0.25) is 0 Å². The van der Waals surface area contributed by atoms with Crippen molar-refractivity contribution in [1.29, 1.82) is 0 Å². The molecule has 1 aromatic carbocycles. The van der Waals surface area contributed by atoms with Crippen molar-refractivity contribution >= 4 is 23.4 Å². The predicted molar refractivity (Wildman–Crippen MR) is 63.5 cm³/mol. The number of carboxylic acids is 1. The van der Waals surface area contributed by atoms with Gasteiger partial charge in [-0.3, -0.25) is 19.3 Å². The first-order valence-corrected chi connectivity index (χ1v) is 5.35. The van der Waals surface area contributed by atoms with E-state index in [1.54, 1.807) is 18.2 Å². The van der Waals surface area contributed by atoms with Crippen LogP contribution in [0.4, 0.5) is 0 Å². The molecule has 1 aliphatic rings. The second-order valence-corrected chi connectivity index (χ2v) is 4.05. The Hall–Kier alpha value is -2.43. The molecule has 18 heavy (non-hydrogen) atoms. The van der Waals surface area contributed by atoms with Gasteiger partial charge in [-0.1, -0.05) is 29.8 Å². The summed E-state index contributed by atoms with van der Waals surface area (Å²) in [6, 6.07) is 7.15. The Morgan fingerprint density at radius 2 is 2.06 bits per heavy atom. The topological polar surface area (TPSA) is 74.7 Å². The molecule has 0 atom stereocenters. The Balaban J connectivity index is 2.32. The first kappa shape index (κ1) is 12.0. The Kier molecular flexibility index (Phi) is 2.97. The molecule has 0 saturated heterocycles. The maximum atomic E-state index is 11.9. The van der Waals surface area contributed by atoms with E-state index in [0.717, 1.165) is 10.5 Å². The molecule has 0 spiro atoms. The van der Waals surface area contributed by atoms with Crippen LogP contribution in [0.25, 0.3) is 5.57 Å². The molecule has 1 aliphatic heterocycles. The molecular formula is C13H11NO4. The minimum Gasteiger partial charge on any atom is -0.480 e. The molecule has 5 heteroatoms. The number of aryl methyl sites for hydroxylation is 1. The summed E-state index contributed by atoms with van der Waals surface area (Å²) in [5, 5.41) is 8.64. The fourth-order valence-corrected chi connectivity index (χ4v) is 1.81. The van der Waals surface area contributed by atoms with E-state index >= 15 is 0 Å². The van der Waals surface area contributed by atoms with E-state index in [9.17, 15) is 14.4 Å². The molecule has 0 bridgehead atoms. The van der Waals surface area contributed by atoms with Gasteiger partial charge in [0.2, 0.25) is 0 Å². The highest BCUT2D eigenvalue weighted by atomic mass is 16.4. The summed E-state index contributed by atoms with van der Waals surface area (Å²) in [6.45, 7) is 1.27. The van der Waals surface area contributed by atoms with E-state index in [2.05, 4.69) is 0 Å². The minimum atomic E-state index is -1.21. The molecule has 2 amide bonds. The maximum Gasteiger partial charge on any atom is 0.323 e. The predicted octanol–water partition coefficient (Wildman–Crippen LogP) is 0.832. The number of nitrogens with zero attached hydrogens (tertiary/aromatic N) is 1. The van der Waals surface area contributed by atoms with E-state index in [-0.39, 0.29) is 5.57 Å². The summed E-state index contributed by atoms with van der Waals surface area (Å²) in [5.41, 5.74) is 1.83. The van der Waals surface area contributed by atoms with Crippen molar-refractivity contribution in [3.8, 4) is 0 Å². The van der Waals surface area contributed by atoms with Crippen LogP contribution >= 0.6 is 0 Å². The quantitative estimate of drug-likeness (QED) is 0.800. The van der Waals surface area contributed by atoms with Gasteiger partial charge in [-0.25, -0.2) is 0 Å². The van der Waals surface area contributed by atoms with E-state index in [4.69, 9.17) is 5.11 Å². The van der Waals surface area contributed by atoms with E-state index < -0.39 is 24.3 Å². The van der Waals surface area contributed by atoms with Crippen molar-refractivity contribution in [3.05, 3.63) is 41.5 Å². The first-order valence-electron chi connectivity index (χ1n) is 5.35. The Labute approximate surface area is 103 Å².